The van der Waals surface area contributed by atoms with Crippen LogP contribution in [0.5, 0.6) is 0 Å². The fourth-order valence-electron chi connectivity index (χ4n) is 1.70. The second-order valence-corrected chi connectivity index (χ2v) is 6.96. The maximum Gasteiger partial charge on any atom is 0.303 e. The summed E-state index contributed by atoms with van der Waals surface area (Å²) < 4.78 is 25.8. The average Bonchev–Trinajstić information content (AvgIpc) is 2.36. The van der Waals surface area contributed by atoms with Crippen LogP contribution < -0.4 is 4.72 Å². The monoisotopic (exact) mass is 299 g/mol. The number of nitrogens with one attached hydrogen (secondary N) is 1. The van der Waals surface area contributed by atoms with E-state index in [4.69, 9.17) is 5.11 Å². The Bertz CT molecular complexity index is 535. The van der Waals surface area contributed by atoms with E-state index in [1.165, 1.54) is 5.56 Å². The molecule has 0 spiro atoms. The molecule has 0 fully saturated rings. The first kappa shape index (κ1) is 16.7. The van der Waals surface area contributed by atoms with Gasteiger partial charge in [-0.25, -0.2) is 13.1 Å². The summed E-state index contributed by atoms with van der Waals surface area (Å²) >= 11 is 0. The number of hydrogen-bond donors (Lipinski definition) is 2. The Morgan fingerprint density at radius 1 is 1.25 bits per heavy atom. The van der Waals surface area contributed by atoms with Crippen molar-refractivity contribution in [3.63, 3.8) is 0 Å². The van der Waals surface area contributed by atoms with E-state index in [-0.39, 0.29) is 25.1 Å². The van der Waals surface area contributed by atoms with Gasteiger partial charge in [0, 0.05) is 13.0 Å². The fourth-order valence-corrected chi connectivity index (χ4v) is 2.75. The summed E-state index contributed by atoms with van der Waals surface area (Å²) in [7, 11) is -3.42. The highest BCUT2D eigenvalue weighted by molar-refractivity contribution is 7.89. The molecule has 6 heteroatoms. The molecule has 0 unspecified atom stereocenters. The quantitative estimate of drug-likeness (QED) is 0.770. The summed E-state index contributed by atoms with van der Waals surface area (Å²) in [5.74, 6) is -0.704. The van der Waals surface area contributed by atoms with Crippen LogP contribution in [0.15, 0.2) is 24.3 Å². The Labute approximate surface area is 120 Å². The van der Waals surface area contributed by atoms with Crippen molar-refractivity contribution in [2.24, 2.45) is 0 Å². The highest BCUT2D eigenvalue weighted by atomic mass is 32.2. The van der Waals surface area contributed by atoms with Gasteiger partial charge in [-0.2, -0.15) is 0 Å². The summed E-state index contributed by atoms with van der Waals surface area (Å²) in [5.41, 5.74) is 2.09. The third-order valence-electron chi connectivity index (χ3n) is 2.95. The molecular formula is C14H21NO4S. The van der Waals surface area contributed by atoms with E-state index in [9.17, 15) is 13.2 Å². The summed E-state index contributed by atoms with van der Waals surface area (Å²) in [6.45, 7) is 4.42. The fraction of sp³-hybridized carbons (Fsp3) is 0.500. The molecule has 1 rings (SSSR count). The summed E-state index contributed by atoms with van der Waals surface area (Å²) in [5, 5.41) is 8.47. The largest absolute Gasteiger partial charge is 0.481 e. The van der Waals surface area contributed by atoms with Gasteiger partial charge in [-0.15, -0.1) is 0 Å². The first-order valence-corrected chi connectivity index (χ1v) is 8.23. The number of aliphatic carboxylic acids is 1. The number of sulfonamides is 1. The van der Waals surface area contributed by atoms with Crippen molar-refractivity contribution in [3.8, 4) is 0 Å². The Kier molecular flexibility index (Phi) is 6.16. The van der Waals surface area contributed by atoms with Crippen molar-refractivity contribution in [3.05, 3.63) is 35.4 Å². The van der Waals surface area contributed by atoms with Crippen LogP contribution in [-0.4, -0.2) is 25.2 Å². The number of carbonyl (C=O) groups is 1. The normalized spacial score (nSPS) is 11.8. The molecule has 1 aromatic carbocycles. The highest BCUT2D eigenvalue weighted by Gasteiger charge is 2.11. The minimum Gasteiger partial charge on any atom is -0.481 e. The van der Waals surface area contributed by atoms with Gasteiger partial charge in [0.15, 0.2) is 0 Å². The third-order valence-corrected chi connectivity index (χ3v) is 4.36. The van der Waals surface area contributed by atoms with Crippen molar-refractivity contribution in [2.45, 2.75) is 39.2 Å². The molecule has 0 aromatic heterocycles. The Morgan fingerprint density at radius 3 is 2.35 bits per heavy atom. The molecule has 0 atom stereocenters. The second-order valence-electron chi connectivity index (χ2n) is 5.03. The molecule has 0 saturated heterocycles. The lowest BCUT2D eigenvalue weighted by atomic mass is 10.0. The number of carboxylic acid groups (broad SMARTS) is 1. The van der Waals surface area contributed by atoms with E-state index >= 15 is 0 Å². The smallest absolute Gasteiger partial charge is 0.303 e. The topological polar surface area (TPSA) is 83.5 Å². The molecule has 112 valence electrons. The number of benzene rings is 1. The summed E-state index contributed by atoms with van der Waals surface area (Å²) in [6, 6.07) is 7.77. The van der Waals surface area contributed by atoms with Gasteiger partial charge in [-0.3, -0.25) is 4.79 Å². The molecule has 0 bridgehead atoms. The van der Waals surface area contributed by atoms with E-state index in [0.29, 0.717) is 5.92 Å². The molecule has 5 nitrogen and oxygen atoms in total. The lowest BCUT2D eigenvalue weighted by Gasteiger charge is -2.08. The van der Waals surface area contributed by atoms with Gasteiger partial charge in [0.1, 0.15) is 0 Å². The van der Waals surface area contributed by atoms with Crippen LogP contribution in [0.1, 0.15) is 43.7 Å². The van der Waals surface area contributed by atoms with Crippen LogP contribution >= 0.6 is 0 Å². The molecule has 0 saturated carbocycles. The SMILES string of the molecule is CC(C)c1ccc(CNS(=O)(=O)CCCC(=O)O)cc1. The van der Waals surface area contributed by atoms with Crippen molar-refractivity contribution in [2.75, 3.05) is 5.75 Å². The van der Waals surface area contributed by atoms with E-state index in [0.717, 1.165) is 5.56 Å². The maximum absolute atomic E-state index is 11.7. The predicted octanol–water partition coefficient (Wildman–Crippen LogP) is 2.09. The Morgan fingerprint density at radius 2 is 1.85 bits per heavy atom. The minimum absolute atomic E-state index is 0.122. The molecule has 0 aliphatic carbocycles. The lowest BCUT2D eigenvalue weighted by molar-refractivity contribution is -0.137. The van der Waals surface area contributed by atoms with Crippen molar-refractivity contribution < 1.29 is 18.3 Å². The van der Waals surface area contributed by atoms with Crippen LogP contribution in [0.3, 0.4) is 0 Å². The molecule has 0 heterocycles. The van der Waals surface area contributed by atoms with Gasteiger partial charge >= 0.3 is 5.97 Å². The van der Waals surface area contributed by atoms with Crippen LogP contribution in [0, 0.1) is 0 Å². The van der Waals surface area contributed by atoms with Crippen LogP contribution in [0.4, 0.5) is 0 Å². The Hall–Kier alpha value is -1.40. The van der Waals surface area contributed by atoms with E-state index in [1.54, 1.807) is 0 Å². The van der Waals surface area contributed by atoms with Crippen LogP contribution in [0.2, 0.25) is 0 Å². The third kappa shape index (κ3) is 6.16. The van der Waals surface area contributed by atoms with Gasteiger partial charge in [-0.1, -0.05) is 38.1 Å². The van der Waals surface area contributed by atoms with E-state index in [2.05, 4.69) is 18.6 Å². The number of carboxylic acids is 1. The highest BCUT2D eigenvalue weighted by Crippen LogP contribution is 2.14. The molecule has 2 N–H and O–H groups in total. The van der Waals surface area contributed by atoms with Gasteiger partial charge in [-0.05, 0) is 23.5 Å². The predicted molar refractivity (Wildman–Crippen MR) is 78.0 cm³/mol. The molecule has 0 radical (unpaired) electrons. The number of rotatable bonds is 8. The molecule has 0 aliphatic rings. The minimum atomic E-state index is -3.42. The molecular weight excluding hydrogens is 278 g/mol. The van der Waals surface area contributed by atoms with Gasteiger partial charge < -0.3 is 5.11 Å². The van der Waals surface area contributed by atoms with Gasteiger partial charge in [0.2, 0.25) is 10.0 Å². The molecule has 20 heavy (non-hydrogen) atoms. The zero-order valence-corrected chi connectivity index (χ0v) is 12.6. The van der Waals surface area contributed by atoms with Crippen molar-refractivity contribution >= 4 is 16.0 Å². The van der Waals surface area contributed by atoms with Crippen LogP contribution in [-0.2, 0) is 21.4 Å². The van der Waals surface area contributed by atoms with E-state index in [1.807, 2.05) is 24.3 Å². The summed E-state index contributed by atoms with van der Waals surface area (Å²) in [6.07, 6.45) is -0.0129. The number of hydrogen-bond acceptors (Lipinski definition) is 3. The summed E-state index contributed by atoms with van der Waals surface area (Å²) in [4.78, 5) is 10.3. The zero-order chi connectivity index (χ0) is 15.2. The first-order valence-electron chi connectivity index (χ1n) is 6.58. The average molecular weight is 299 g/mol. The zero-order valence-electron chi connectivity index (χ0n) is 11.8. The van der Waals surface area contributed by atoms with Crippen LogP contribution in [0.25, 0.3) is 0 Å². The van der Waals surface area contributed by atoms with Gasteiger partial charge in [0.25, 0.3) is 0 Å². The molecule has 0 aliphatic heterocycles. The van der Waals surface area contributed by atoms with Crippen molar-refractivity contribution in [1.82, 2.24) is 4.72 Å². The first-order chi connectivity index (χ1) is 9.30. The Balaban J connectivity index is 2.47. The second kappa shape index (κ2) is 7.40. The van der Waals surface area contributed by atoms with E-state index < -0.39 is 16.0 Å². The van der Waals surface area contributed by atoms with Gasteiger partial charge in [0.05, 0.1) is 5.75 Å². The standard InChI is InChI=1S/C14H21NO4S/c1-11(2)13-7-5-12(6-8-13)10-15-20(18,19)9-3-4-14(16)17/h5-8,11,15H,3-4,9-10H2,1-2H3,(H,16,17). The molecule has 0 amide bonds. The maximum atomic E-state index is 11.7. The molecule has 1 aromatic rings. The lowest BCUT2D eigenvalue weighted by Crippen LogP contribution is -2.26. The van der Waals surface area contributed by atoms with Crippen molar-refractivity contribution in [1.29, 1.82) is 0 Å².